The smallest absolute Gasteiger partial charge is 0.198 e. The predicted molar refractivity (Wildman–Crippen MR) is 111 cm³/mol. The average molecular weight is 399 g/mol. The summed E-state index contributed by atoms with van der Waals surface area (Å²) in [6.45, 7) is 0. The van der Waals surface area contributed by atoms with E-state index in [1.807, 2.05) is 6.07 Å². The van der Waals surface area contributed by atoms with Crippen molar-refractivity contribution in [1.82, 2.24) is 0 Å². The van der Waals surface area contributed by atoms with Crippen molar-refractivity contribution in [3.63, 3.8) is 0 Å². The quantitative estimate of drug-likeness (QED) is 0.249. The van der Waals surface area contributed by atoms with Gasteiger partial charge in [-0.15, -0.1) is 0 Å². The minimum absolute atomic E-state index is 0.00997. The Labute approximate surface area is 167 Å². The molecule has 0 amide bonds. The molecule has 0 aromatic heterocycles. The molecule has 0 saturated carbocycles. The fourth-order valence-electron chi connectivity index (χ4n) is 3.61. The maximum Gasteiger partial charge on any atom is 0.198 e. The number of rotatable bonds is 1. The Bertz CT molecular complexity index is 1790. The lowest BCUT2D eigenvalue weighted by molar-refractivity contribution is 0.539. The second kappa shape index (κ2) is 6.85. The standard InChI is InChI=1S/C22H17N5O3/c23-13-6-11(9-29)20(26)18-15(13)21(27-12-4-2-1-3-5-12)17-16(22(18)30)14(24)7-10(8-28)19(17)25/h1-9,25-26,28-29H,23-24H2. The molecule has 3 aliphatic rings. The van der Waals surface area contributed by atoms with Gasteiger partial charge in [0.05, 0.1) is 44.7 Å². The molecule has 1 aromatic carbocycles. The SMILES string of the molecule is N=c1c(=CO)cc(N)c2c(=Nc3ccccc3)c3c(=N)c(=CO)cc(N)c=3c(=O)c1=2. The molecule has 148 valence electrons. The third-order valence-electron chi connectivity index (χ3n) is 4.98. The zero-order chi connectivity index (χ0) is 21.6. The Hall–Kier alpha value is -4.46. The van der Waals surface area contributed by atoms with Crippen molar-refractivity contribution >= 4 is 29.6 Å². The highest BCUT2D eigenvalue weighted by Gasteiger charge is 2.13. The van der Waals surface area contributed by atoms with E-state index >= 15 is 0 Å². The molecule has 0 radical (unpaired) electrons. The number of hydrogen-bond donors (Lipinski definition) is 6. The van der Waals surface area contributed by atoms with Gasteiger partial charge in [-0.3, -0.25) is 15.6 Å². The van der Waals surface area contributed by atoms with Crippen LogP contribution in [-0.4, -0.2) is 10.2 Å². The van der Waals surface area contributed by atoms with Gasteiger partial charge in [-0.25, -0.2) is 4.99 Å². The second-order valence-electron chi connectivity index (χ2n) is 6.74. The van der Waals surface area contributed by atoms with Gasteiger partial charge in [-0.05, 0) is 24.3 Å². The van der Waals surface area contributed by atoms with Crippen molar-refractivity contribution in [2.45, 2.75) is 0 Å². The number of aliphatic hydroxyl groups excluding tert-OH is 2. The molecule has 30 heavy (non-hydrogen) atoms. The summed E-state index contributed by atoms with van der Waals surface area (Å²) in [6.07, 6.45) is 1.45. The first-order valence-electron chi connectivity index (χ1n) is 8.89. The molecule has 0 aliphatic heterocycles. The number of hydrogen-bond acceptors (Lipinski definition) is 8. The van der Waals surface area contributed by atoms with Gasteiger partial charge >= 0.3 is 0 Å². The molecule has 0 fully saturated rings. The summed E-state index contributed by atoms with van der Waals surface area (Å²) < 4.78 is 0. The monoisotopic (exact) mass is 399 g/mol. The normalized spacial score (nSPS) is 13.5. The lowest BCUT2D eigenvalue weighted by Crippen LogP contribution is -2.39. The number of aliphatic hydroxyl groups is 2. The number of nitrogens with one attached hydrogen (secondary N) is 2. The van der Waals surface area contributed by atoms with E-state index in [2.05, 4.69) is 4.99 Å². The Morgan fingerprint density at radius 3 is 1.90 bits per heavy atom. The van der Waals surface area contributed by atoms with E-state index in [0.29, 0.717) is 11.9 Å². The average Bonchev–Trinajstić information content (AvgIpc) is 2.74. The third kappa shape index (κ3) is 2.62. The number of nitrogens with zero attached hydrogens (tertiary/aromatic N) is 1. The molecule has 0 bridgehead atoms. The maximum absolute atomic E-state index is 13.4. The molecule has 0 heterocycles. The van der Waals surface area contributed by atoms with Crippen LogP contribution in [0.2, 0.25) is 0 Å². The highest BCUT2D eigenvalue weighted by molar-refractivity contribution is 5.49. The van der Waals surface area contributed by atoms with Crippen LogP contribution < -0.4 is 43.4 Å². The van der Waals surface area contributed by atoms with E-state index in [1.165, 1.54) is 12.1 Å². The Morgan fingerprint density at radius 2 is 1.33 bits per heavy atom. The Balaban J connectivity index is 2.60. The Morgan fingerprint density at radius 1 is 0.800 bits per heavy atom. The summed E-state index contributed by atoms with van der Waals surface area (Å²) in [5.74, 6) is 0. The molecule has 8 heteroatoms. The van der Waals surface area contributed by atoms with Gasteiger partial charge in [0, 0.05) is 32.2 Å². The first-order valence-corrected chi connectivity index (χ1v) is 8.89. The number of nitrogen functional groups attached to an aromatic ring is 2. The molecule has 3 aliphatic carbocycles. The molecule has 0 unspecified atom stereocenters. The summed E-state index contributed by atoms with van der Waals surface area (Å²) >= 11 is 0. The van der Waals surface area contributed by atoms with Crippen LogP contribution in [0.5, 0.6) is 0 Å². The second-order valence-corrected chi connectivity index (χ2v) is 6.74. The molecule has 8 N–H and O–H groups in total. The molecule has 0 saturated heterocycles. The lowest BCUT2D eigenvalue weighted by Gasteiger charge is -2.05. The van der Waals surface area contributed by atoms with Crippen LogP contribution in [0.4, 0.5) is 17.1 Å². The summed E-state index contributed by atoms with van der Waals surface area (Å²) in [5, 5.41) is 36.3. The largest absolute Gasteiger partial charge is 0.515 e. The first kappa shape index (κ1) is 18.9. The third-order valence-corrected chi connectivity index (χ3v) is 4.98. The van der Waals surface area contributed by atoms with Gasteiger partial charge in [0.25, 0.3) is 0 Å². The molecule has 8 nitrogen and oxygen atoms in total. The van der Waals surface area contributed by atoms with Crippen LogP contribution >= 0.6 is 0 Å². The number of nitrogens with two attached hydrogens (primary N) is 2. The minimum atomic E-state index is -0.595. The molecular formula is C22H17N5O3. The van der Waals surface area contributed by atoms with Crippen molar-refractivity contribution in [2.24, 2.45) is 4.99 Å². The van der Waals surface area contributed by atoms with Crippen LogP contribution in [0.1, 0.15) is 0 Å². The highest BCUT2D eigenvalue weighted by atomic mass is 16.2. The summed E-state index contributed by atoms with van der Waals surface area (Å²) in [6, 6.07) is 11.6. The fourth-order valence-corrected chi connectivity index (χ4v) is 3.61. The van der Waals surface area contributed by atoms with Gasteiger partial charge < -0.3 is 21.7 Å². The summed E-state index contributed by atoms with van der Waals surface area (Å²) in [7, 11) is 0. The van der Waals surface area contributed by atoms with Crippen molar-refractivity contribution in [2.75, 3.05) is 11.5 Å². The Kier molecular flexibility index (Phi) is 4.31. The van der Waals surface area contributed by atoms with Crippen LogP contribution in [-0.2, 0) is 0 Å². The van der Waals surface area contributed by atoms with Crippen LogP contribution in [0.15, 0.2) is 52.3 Å². The van der Waals surface area contributed by atoms with Crippen LogP contribution in [0, 0.1) is 31.7 Å². The van der Waals surface area contributed by atoms with Gasteiger partial charge in [0.2, 0.25) is 0 Å². The van der Waals surface area contributed by atoms with Crippen molar-refractivity contribution in [3.05, 3.63) is 100 Å². The van der Waals surface area contributed by atoms with Gasteiger partial charge in [0.1, 0.15) is 0 Å². The molecule has 4 rings (SSSR count). The number of anilines is 2. The fraction of sp³-hybridized carbons (Fsp3) is 0. The van der Waals surface area contributed by atoms with Crippen LogP contribution in [0.25, 0.3) is 12.5 Å². The highest BCUT2D eigenvalue weighted by Crippen LogP contribution is 2.09. The van der Waals surface area contributed by atoms with Crippen molar-refractivity contribution in [1.29, 1.82) is 10.8 Å². The topological polar surface area (TPSA) is 170 Å². The van der Waals surface area contributed by atoms with Crippen LogP contribution in [0.3, 0.4) is 0 Å². The summed E-state index contributed by atoms with van der Waals surface area (Å²) in [4.78, 5) is 18.0. The zero-order valence-corrected chi connectivity index (χ0v) is 15.6. The van der Waals surface area contributed by atoms with E-state index < -0.39 is 5.43 Å². The molecule has 0 spiro atoms. The maximum atomic E-state index is 13.4. The molecule has 0 atom stereocenters. The van der Waals surface area contributed by atoms with Crippen molar-refractivity contribution in [3.8, 4) is 0 Å². The molecule has 1 aromatic rings. The van der Waals surface area contributed by atoms with Gasteiger partial charge in [0.15, 0.2) is 5.43 Å². The van der Waals surface area contributed by atoms with Gasteiger partial charge in [-0.2, -0.15) is 0 Å². The summed E-state index contributed by atoms with van der Waals surface area (Å²) in [5.41, 5.74) is 12.4. The first-order chi connectivity index (χ1) is 14.4. The van der Waals surface area contributed by atoms with E-state index in [1.54, 1.807) is 24.3 Å². The van der Waals surface area contributed by atoms with Gasteiger partial charge in [-0.1, -0.05) is 18.2 Å². The number of benzene rings is 1. The lowest BCUT2D eigenvalue weighted by atomic mass is 10.0. The van der Waals surface area contributed by atoms with Crippen molar-refractivity contribution < 1.29 is 10.2 Å². The van der Waals surface area contributed by atoms with E-state index in [0.717, 1.165) is 6.26 Å². The molecular weight excluding hydrogens is 382 g/mol. The number of para-hydroxylation sites is 1. The van der Waals surface area contributed by atoms with E-state index in [-0.39, 0.29) is 58.8 Å². The minimum Gasteiger partial charge on any atom is -0.515 e. The zero-order valence-electron chi connectivity index (χ0n) is 15.6. The van der Waals surface area contributed by atoms with E-state index in [9.17, 15) is 15.0 Å². The van der Waals surface area contributed by atoms with E-state index in [4.69, 9.17) is 22.3 Å². The predicted octanol–water partition coefficient (Wildman–Crippen LogP) is -0.680.